The van der Waals surface area contributed by atoms with E-state index < -0.39 is 15.9 Å². The third-order valence-electron chi connectivity index (χ3n) is 5.90. The van der Waals surface area contributed by atoms with Crippen LogP contribution in [-0.2, 0) is 16.4 Å². The highest BCUT2D eigenvalue weighted by atomic mass is 32.2. The Morgan fingerprint density at radius 2 is 1.86 bits per heavy atom. The fourth-order valence-corrected chi connectivity index (χ4v) is 6.58. The molecule has 1 atom stereocenters. The molecule has 5 rings (SSSR count). The van der Waals surface area contributed by atoms with E-state index in [2.05, 4.69) is 5.16 Å². The molecule has 180 valence electrons. The predicted octanol–water partition coefficient (Wildman–Crippen LogP) is 5.22. The molecule has 1 saturated heterocycles. The van der Waals surface area contributed by atoms with Gasteiger partial charge in [-0.15, -0.1) is 0 Å². The molecule has 0 aliphatic carbocycles. The molecule has 3 heterocycles. The van der Waals surface area contributed by atoms with Gasteiger partial charge in [-0.1, -0.05) is 64.9 Å². The third kappa shape index (κ3) is 5.52. The van der Waals surface area contributed by atoms with Crippen LogP contribution in [-0.4, -0.2) is 41.9 Å². The number of rotatable bonds is 7. The van der Waals surface area contributed by atoms with Crippen LogP contribution in [0.4, 0.5) is 0 Å². The molecule has 1 unspecified atom stereocenters. The second-order valence-electron chi connectivity index (χ2n) is 8.57. The van der Waals surface area contributed by atoms with Crippen molar-refractivity contribution in [3.63, 3.8) is 0 Å². The smallest absolute Gasteiger partial charge is 0.276 e. The van der Waals surface area contributed by atoms with Gasteiger partial charge in [-0.2, -0.15) is 0 Å². The number of carbonyl (C=O) groups is 1. The minimum Gasteiger partial charge on any atom is -0.453 e. The number of furan rings is 1. The lowest BCUT2D eigenvalue weighted by Gasteiger charge is -2.26. The summed E-state index contributed by atoms with van der Waals surface area (Å²) in [6.07, 6.45) is 0.378. The van der Waals surface area contributed by atoms with Crippen LogP contribution in [0.25, 0.3) is 11.3 Å². The maximum absolute atomic E-state index is 13.5. The molecule has 1 amide bonds. The predicted molar refractivity (Wildman–Crippen MR) is 133 cm³/mol. The van der Waals surface area contributed by atoms with Crippen LogP contribution in [0.2, 0.25) is 0 Å². The normalized spacial score (nSPS) is 16.9. The Morgan fingerprint density at radius 3 is 2.57 bits per heavy atom. The van der Waals surface area contributed by atoms with Crippen molar-refractivity contribution in [2.24, 2.45) is 0 Å². The van der Waals surface area contributed by atoms with Gasteiger partial charge in [0.2, 0.25) is 0 Å². The van der Waals surface area contributed by atoms with Crippen molar-refractivity contribution in [3.8, 4) is 11.3 Å². The largest absolute Gasteiger partial charge is 0.453 e. The molecule has 2 aromatic carbocycles. The highest BCUT2D eigenvalue weighted by Gasteiger charge is 2.36. The van der Waals surface area contributed by atoms with Gasteiger partial charge in [0.1, 0.15) is 5.76 Å². The van der Waals surface area contributed by atoms with Gasteiger partial charge in [-0.25, -0.2) is 8.42 Å². The van der Waals surface area contributed by atoms with Crippen molar-refractivity contribution >= 4 is 27.5 Å². The zero-order chi connectivity index (χ0) is 24.4. The molecular weight excluding hydrogens is 484 g/mol. The molecule has 7 nitrogen and oxygen atoms in total. The molecule has 9 heteroatoms. The van der Waals surface area contributed by atoms with E-state index in [1.54, 1.807) is 6.07 Å². The molecule has 1 fully saturated rings. The first-order valence-corrected chi connectivity index (χ1v) is 13.9. The Morgan fingerprint density at radius 1 is 1.09 bits per heavy atom. The lowest BCUT2D eigenvalue weighted by Crippen LogP contribution is -2.40. The number of hydrogen-bond donors (Lipinski definition) is 0. The van der Waals surface area contributed by atoms with Crippen LogP contribution in [0.15, 0.2) is 91.7 Å². The van der Waals surface area contributed by atoms with Gasteiger partial charge in [0, 0.05) is 22.6 Å². The number of benzene rings is 2. The summed E-state index contributed by atoms with van der Waals surface area (Å²) in [5.41, 5.74) is 2.06. The number of aryl methyl sites for hydroxylation is 1. The van der Waals surface area contributed by atoms with Gasteiger partial charge in [0.05, 0.1) is 18.1 Å². The lowest BCUT2D eigenvalue weighted by atomic mass is 10.1. The molecule has 0 bridgehead atoms. The van der Waals surface area contributed by atoms with E-state index in [1.807, 2.05) is 73.7 Å². The Balaban J connectivity index is 1.38. The lowest BCUT2D eigenvalue weighted by molar-refractivity contribution is 0.0653. The number of amides is 1. The fraction of sp³-hybridized carbons (Fsp3) is 0.231. The summed E-state index contributed by atoms with van der Waals surface area (Å²) < 4.78 is 35.8. The van der Waals surface area contributed by atoms with Crippen molar-refractivity contribution in [2.75, 3.05) is 11.5 Å². The van der Waals surface area contributed by atoms with E-state index in [-0.39, 0.29) is 29.7 Å². The second-order valence-corrected chi connectivity index (χ2v) is 11.9. The summed E-state index contributed by atoms with van der Waals surface area (Å²) >= 11 is 1.48. The Bertz CT molecular complexity index is 1430. The minimum atomic E-state index is -3.20. The molecule has 35 heavy (non-hydrogen) atoms. The SMILES string of the molecule is Cc1ccc(-c2cc(C(=O)N(Cc3ccc(Sc4ccccc4)o3)C3CCS(=O)(=O)C3)no2)cc1. The van der Waals surface area contributed by atoms with Gasteiger partial charge in [0.25, 0.3) is 5.91 Å². The number of nitrogens with zero attached hydrogens (tertiary/aromatic N) is 2. The van der Waals surface area contributed by atoms with Crippen molar-refractivity contribution in [1.29, 1.82) is 0 Å². The van der Waals surface area contributed by atoms with Crippen LogP contribution in [0, 0.1) is 6.92 Å². The van der Waals surface area contributed by atoms with Crippen LogP contribution in [0.5, 0.6) is 0 Å². The van der Waals surface area contributed by atoms with E-state index in [1.165, 1.54) is 16.7 Å². The molecule has 2 aromatic heterocycles. The first-order valence-electron chi connectivity index (χ1n) is 11.2. The highest BCUT2D eigenvalue weighted by Crippen LogP contribution is 2.31. The maximum atomic E-state index is 13.5. The summed E-state index contributed by atoms with van der Waals surface area (Å²) in [7, 11) is -3.20. The second kappa shape index (κ2) is 9.75. The number of sulfone groups is 1. The zero-order valence-corrected chi connectivity index (χ0v) is 20.7. The molecule has 1 aliphatic rings. The quantitative estimate of drug-likeness (QED) is 0.338. The monoisotopic (exact) mass is 508 g/mol. The summed E-state index contributed by atoms with van der Waals surface area (Å²) in [6, 6.07) is 22.4. The first-order chi connectivity index (χ1) is 16.9. The molecule has 0 radical (unpaired) electrons. The van der Waals surface area contributed by atoms with E-state index in [0.717, 1.165) is 16.0 Å². The van der Waals surface area contributed by atoms with Gasteiger partial charge in [-0.05, 0) is 37.6 Å². The van der Waals surface area contributed by atoms with Gasteiger partial charge < -0.3 is 13.8 Å². The summed E-state index contributed by atoms with van der Waals surface area (Å²) in [5, 5.41) is 4.69. The average Bonchev–Trinajstić information content (AvgIpc) is 3.58. The molecule has 0 saturated carbocycles. The number of hydrogen-bond acceptors (Lipinski definition) is 7. The first kappa shape index (κ1) is 23.4. The van der Waals surface area contributed by atoms with E-state index in [9.17, 15) is 13.2 Å². The van der Waals surface area contributed by atoms with Gasteiger partial charge in [-0.3, -0.25) is 4.79 Å². The minimum absolute atomic E-state index is 0.0577. The van der Waals surface area contributed by atoms with Crippen LogP contribution < -0.4 is 0 Å². The van der Waals surface area contributed by atoms with Crippen LogP contribution in [0.3, 0.4) is 0 Å². The standard InChI is InChI=1S/C26H24N2O5S2/c1-18-7-9-19(10-8-18)24-15-23(27-33-24)26(29)28(20-13-14-35(30,31)17-20)16-21-11-12-25(32-21)34-22-5-3-2-4-6-22/h2-12,15,20H,13-14,16-17H2,1H3. The number of aromatic nitrogens is 1. The Kier molecular flexibility index (Phi) is 6.53. The Labute approximate surface area is 208 Å². The van der Waals surface area contributed by atoms with Crippen molar-refractivity contribution < 1.29 is 22.2 Å². The molecule has 0 N–H and O–H groups in total. The Hall–Kier alpha value is -3.30. The van der Waals surface area contributed by atoms with Gasteiger partial charge >= 0.3 is 0 Å². The summed E-state index contributed by atoms with van der Waals surface area (Å²) in [6.45, 7) is 2.13. The molecular formula is C26H24N2O5S2. The average molecular weight is 509 g/mol. The van der Waals surface area contributed by atoms with Crippen LogP contribution >= 0.6 is 11.8 Å². The third-order valence-corrected chi connectivity index (χ3v) is 8.58. The zero-order valence-electron chi connectivity index (χ0n) is 19.1. The van der Waals surface area contributed by atoms with Crippen molar-refractivity contribution in [1.82, 2.24) is 10.1 Å². The fourth-order valence-electron chi connectivity index (χ4n) is 4.04. The summed E-state index contributed by atoms with van der Waals surface area (Å²) in [5.74, 6) is 0.647. The van der Waals surface area contributed by atoms with Gasteiger partial charge in [0.15, 0.2) is 26.4 Å². The number of carbonyl (C=O) groups excluding carboxylic acids is 1. The summed E-state index contributed by atoms with van der Waals surface area (Å²) in [4.78, 5) is 16.1. The van der Waals surface area contributed by atoms with Crippen LogP contribution in [0.1, 0.15) is 28.2 Å². The van der Waals surface area contributed by atoms with E-state index in [4.69, 9.17) is 8.94 Å². The maximum Gasteiger partial charge on any atom is 0.276 e. The van der Waals surface area contributed by atoms with Crippen molar-refractivity contribution in [3.05, 3.63) is 89.8 Å². The van der Waals surface area contributed by atoms with E-state index in [0.29, 0.717) is 23.0 Å². The molecule has 1 aliphatic heterocycles. The van der Waals surface area contributed by atoms with Crippen molar-refractivity contribution in [2.45, 2.75) is 35.9 Å². The van der Waals surface area contributed by atoms with E-state index >= 15 is 0 Å². The topological polar surface area (TPSA) is 93.6 Å². The highest BCUT2D eigenvalue weighted by molar-refractivity contribution is 7.99. The molecule has 0 spiro atoms. The molecule has 4 aromatic rings.